The van der Waals surface area contributed by atoms with Crippen molar-refractivity contribution in [3.05, 3.63) is 112 Å². The molecule has 0 fully saturated rings. The minimum Gasteiger partial charge on any atom is -0.294 e. The fraction of sp³-hybridized carbons (Fsp3) is 0.172. The van der Waals surface area contributed by atoms with Gasteiger partial charge in [-0.15, -0.1) is 0 Å². The van der Waals surface area contributed by atoms with Gasteiger partial charge in [-0.1, -0.05) is 44.2 Å². The lowest BCUT2D eigenvalue weighted by Gasteiger charge is -2.14. The quantitative estimate of drug-likeness (QED) is 0.330. The summed E-state index contributed by atoms with van der Waals surface area (Å²) >= 11 is 0. The highest BCUT2D eigenvalue weighted by Crippen LogP contribution is 2.36. The SMILES string of the molecule is Cc1cc(C)c[n+](C2=C(c3c(C(C)C)[nH]n(-c4ccccc4)c3=O)C(=O)N(c3ccccc3F)C2=O)c1. The summed E-state index contributed by atoms with van der Waals surface area (Å²) in [6, 6.07) is 16.5. The number of halogens is 1. The molecule has 7 nitrogen and oxygen atoms in total. The number of pyridine rings is 1. The molecule has 1 aliphatic rings. The van der Waals surface area contributed by atoms with Crippen LogP contribution in [0.25, 0.3) is 17.0 Å². The molecule has 37 heavy (non-hydrogen) atoms. The van der Waals surface area contributed by atoms with E-state index in [1.165, 1.54) is 22.9 Å². The molecule has 0 saturated heterocycles. The van der Waals surface area contributed by atoms with E-state index in [4.69, 9.17) is 0 Å². The van der Waals surface area contributed by atoms with Gasteiger partial charge in [-0.25, -0.2) is 14.0 Å². The van der Waals surface area contributed by atoms with Crippen LogP contribution in [-0.2, 0) is 9.59 Å². The number of amides is 2. The second kappa shape index (κ2) is 9.13. The molecule has 1 aliphatic heterocycles. The van der Waals surface area contributed by atoms with Crippen molar-refractivity contribution < 1.29 is 18.5 Å². The van der Waals surface area contributed by atoms with Crippen LogP contribution in [0.3, 0.4) is 0 Å². The highest BCUT2D eigenvalue weighted by atomic mass is 19.1. The molecule has 0 spiro atoms. The molecule has 8 heteroatoms. The van der Waals surface area contributed by atoms with E-state index in [1.807, 2.05) is 39.8 Å². The third-order valence-electron chi connectivity index (χ3n) is 6.31. The number of hydrogen-bond donors (Lipinski definition) is 1. The number of aromatic nitrogens is 3. The Bertz CT molecular complexity index is 1630. The second-order valence-electron chi connectivity index (χ2n) is 9.45. The highest BCUT2D eigenvalue weighted by molar-refractivity contribution is 6.53. The summed E-state index contributed by atoms with van der Waals surface area (Å²) in [4.78, 5) is 42.6. The molecule has 0 radical (unpaired) electrons. The standard InChI is InChI=1S/C29H25FN4O3/c1-17(2)25-23(28(36)34(31-25)20-10-6-5-7-11-20)24-26(32-15-18(3)14-19(4)16-32)29(37)33(27(24)35)22-13-9-8-12-21(22)30/h5-17H,1-4H3/p+1. The molecule has 4 aromatic rings. The van der Waals surface area contributed by atoms with Crippen molar-refractivity contribution in [1.82, 2.24) is 9.78 Å². The van der Waals surface area contributed by atoms with Crippen LogP contribution >= 0.6 is 0 Å². The predicted octanol–water partition coefficient (Wildman–Crippen LogP) is 4.27. The largest absolute Gasteiger partial charge is 0.331 e. The molecule has 0 saturated carbocycles. The lowest BCUT2D eigenvalue weighted by atomic mass is 9.98. The number of H-pyrrole nitrogens is 1. The molecule has 3 heterocycles. The average Bonchev–Trinajstić information content (AvgIpc) is 3.32. The van der Waals surface area contributed by atoms with Gasteiger partial charge in [0.25, 0.3) is 17.2 Å². The Kier molecular flexibility index (Phi) is 5.95. The van der Waals surface area contributed by atoms with Crippen LogP contribution in [0, 0.1) is 19.7 Å². The molecule has 0 unspecified atom stereocenters. The molecule has 0 aliphatic carbocycles. The predicted molar refractivity (Wildman–Crippen MR) is 139 cm³/mol. The van der Waals surface area contributed by atoms with E-state index >= 15 is 0 Å². The number of para-hydroxylation sites is 2. The fourth-order valence-corrected chi connectivity index (χ4v) is 4.75. The summed E-state index contributed by atoms with van der Waals surface area (Å²) in [5.41, 5.74) is 2.20. The summed E-state index contributed by atoms with van der Waals surface area (Å²) in [7, 11) is 0. The first-order valence-electron chi connectivity index (χ1n) is 12.0. The van der Waals surface area contributed by atoms with Crippen molar-refractivity contribution in [2.45, 2.75) is 33.6 Å². The number of aromatic amines is 1. The number of nitrogens with zero attached hydrogens (tertiary/aromatic N) is 3. The molecule has 2 amide bonds. The molecule has 2 aromatic carbocycles. The fourth-order valence-electron chi connectivity index (χ4n) is 4.75. The van der Waals surface area contributed by atoms with Gasteiger partial charge in [-0.2, -0.15) is 4.57 Å². The smallest absolute Gasteiger partial charge is 0.294 e. The van der Waals surface area contributed by atoms with E-state index in [9.17, 15) is 18.8 Å². The van der Waals surface area contributed by atoms with Crippen LogP contribution in [0.2, 0.25) is 0 Å². The summed E-state index contributed by atoms with van der Waals surface area (Å²) in [5, 5.41) is 3.14. The number of aryl methyl sites for hydroxylation is 2. The maximum Gasteiger partial charge on any atom is 0.331 e. The van der Waals surface area contributed by atoms with Crippen molar-refractivity contribution in [3.63, 3.8) is 0 Å². The Morgan fingerprint density at radius 2 is 1.49 bits per heavy atom. The van der Waals surface area contributed by atoms with Gasteiger partial charge in [-0.3, -0.25) is 19.5 Å². The minimum atomic E-state index is -0.755. The number of rotatable bonds is 5. The topological polar surface area (TPSA) is 79.1 Å². The zero-order chi connectivity index (χ0) is 26.4. The summed E-state index contributed by atoms with van der Waals surface area (Å²) in [6.45, 7) is 7.53. The monoisotopic (exact) mass is 497 g/mol. The lowest BCUT2D eigenvalue weighted by Crippen LogP contribution is -2.40. The third kappa shape index (κ3) is 4.00. The number of benzene rings is 2. The number of anilines is 1. The summed E-state index contributed by atoms with van der Waals surface area (Å²) in [5.74, 6) is -2.36. The van der Waals surface area contributed by atoms with Crippen molar-refractivity contribution >= 4 is 28.8 Å². The van der Waals surface area contributed by atoms with Gasteiger partial charge < -0.3 is 0 Å². The Labute approximate surface area is 213 Å². The van der Waals surface area contributed by atoms with Gasteiger partial charge in [0.15, 0.2) is 12.4 Å². The van der Waals surface area contributed by atoms with Gasteiger partial charge in [0.2, 0.25) is 0 Å². The van der Waals surface area contributed by atoms with Crippen LogP contribution < -0.4 is 15.0 Å². The molecule has 0 atom stereocenters. The Hall–Kier alpha value is -4.59. The molecule has 0 bridgehead atoms. The number of nitrogens with one attached hydrogen (secondary N) is 1. The normalized spacial score (nSPS) is 13.8. The van der Waals surface area contributed by atoms with E-state index in [2.05, 4.69) is 5.10 Å². The maximum absolute atomic E-state index is 14.8. The summed E-state index contributed by atoms with van der Waals surface area (Å²) in [6.07, 6.45) is 3.44. The van der Waals surface area contributed by atoms with Gasteiger partial charge in [0.05, 0.1) is 16.9 Å². The van der Waals surface area contributed by atoms with E-state index in [-0.39, 0.29) is 28.4 Å². The van der Waals surface area contributed by atoms with Gasteiger partial charge in [-0.05, 0) is 50.1 Å². The zero-order valence-corrected chi connectivity index (χ0v) is 20.9. The van der Waals surface area contributed by atoms with E-state index in [1.54, 1.807) is 47.3 Å². The Morgan fingerprint density at radius 3 is 2.11 bits per heavy atom. The molecule has 5 rings (SSSR count). The van der Waals surface area contributed by atoms with Gasteiger partial charge >= 0.3 is 5.91 Å². The maximum atomic E-state index is 14.8. The van der Waals surface area contributed by atoms with Gasteiger partial charge in [0, 0.05) is 16.8 Å². The second-order valence-corrected chi connectivity index (χ2v) is 9.45. The minimum absolute atomic E-state index is 0.00161. The van der Waals surface area contributed by atoms with Crippen LogP contribution in [0.4, 0.5) is 10.1 Å². The van der Waals surface area contributed by atoms with Crippen molar-refractivity contribution in [1.29, 1.82) is 0 Å². The average molecular weight is 498 g/mol. The zero-order valence-electron chi connectivity index (χ0n) is 20.9. The highest BCUT2D eigenvalue weighted by Gasteiger charge is 2.49. The van der Waals surface area contributed by atoms with Crippen molar-refractivity contribution in [2.24, 2.45) is 0 Å². The van der Waals surface area contributed by atoms with Crippen LogP contribution in [-0.4, -0.2) is 21.6 Å². The molecule has 1 N–H and O–H groups in total. The number of carbonyl (C=O) groups excluding carboxylic acids is 2. The first kappa shape index (κ1) is 24.1. The van der Waals surface area contributed by atoms with Crippen LogP contribution in [0.1, 0.15) is 42.1 Å². The van der Waals surface area contributed by atoms with Crippen molar-refractivity contribution in [3.8, 4) is 5.69 Å². The first-order chi connectivity index (χ1) is 17.7. The lowest BCUT2D eigenvalue weighted by molar-refractivity contribution is -0.577. The third-order valence-corrected chi connectivity index (χ3v) is 6.31. The molecular weight excluding hydrogens is 471 g/mol. The molecule has 186 valence electrons. The Morgan fingerprint density at radius 1 is 0.865 bits per heavy atom. The number of imide groups is 1. The van der Waals surface area contributed by atoms with Crippen LogP contribution in [0.15, 0.2) is 77.9 Å². The number of hydrogen-bond acceptors (Lipinski definition) is 3. The van der Waals surface area contributed by atoms with E-state index < -0.39 is 23.2 Å². The molecule has 2 aromatic heterocycles. The first-order valence-corrected chi connectivity index (χ1v) is 12.0. The number of carbonyl (C=O) groups is 2. The Balaban J connectivity index is 1.84. The summed E-state index contributed by atoms with van der Waals surface area (Å²) < 4.78 is 17.8. The van der Waals surface area contributed by atoms with Crippen LogP contribution in [0.5, 0.6) is 0 Å². The van der Waals surface area contributed by atoms with E-state index in [0.717, 1.165) is 16.0 Å². The van der Waals surface area contributed by atoms with Crippen molar-refractivity contribution in [2.75, 3.05) is 4.90 Å². The van der Waals surface area contributed by atoms with Gasteiger partial charge in [0.1, 0.15) is 11.4 Å². The van der Waals surface area contributed by atoms with E-state index in [0.29, 0.717) is 11.4 Å². The molecular formula is C29H26FN4O3+.